The Balaban J connectivity index is 0.810. The van der Waals surface area contributed by atoms with E-state index < -0.39 is 0 Å². The Morgan fingerprint density at radius 3 is 2.29 bits per heavy atom. The zero-order valence-electron chi connectivity index (χ0n) is 36.6. The first-order valence-corrected chi connectivity index (χ1v) is 24.7. The van der Waals surface area contributed by atoms with Crippen LogP contribution in [-0.2, 0) is 12.8 Å². The number of nitrogens with zero attached hydrogens (tertiary/aromatic N) is 2. The van der Waals surface area contributed by atoms with Gasteiger partial charge in [0.2, 0.25) is 0 Å². The van der Waals surface area contributed by atoms with Crippen LogP contribution in [0.5, 0.6) is 0 Å². The zero-order chi connectivity index (χ0) is 43.6. The molecule has 1 aliphatic heterocycles. The number of benzene rings is 7. The number of furan rings is 1. The summed E-state index contributed by atoms with van der Waals surface area (Å²) >= 11 is 3.83. The van der Waals surface area contributed by atoms with Gasteiger partial charge in [0, 0.05) is 57.9 Å². The molecule has 0 saturated carbocycles. The van der Waals surface area contributed by atoms with E-state index in [-0.39, 0.29) is 5.92 Å². The molecule has 14 rings (SSSR count). The van der Waals surface area contributed by atoms with Crippen molar-refractivity contribution in [3.05, 3.63) is 207 Å². The highest BCUT2D eigenvalue weighted by Gasteiger charge is 2.29. The molecular weight excluding hydrogens is 843 g/mol. The van der Waals surface area contributed by atoms with Crippen LogP contribution in [0.15, 0.2) is 184 Å². The summed E-state index contributed by atoms with van der Waals surface area (Å²) in [5.41, 5.74) is 23.0. The fraction of sp³-hybridized carbons (Fsp3) is 0.117. The van der Waals surface area contributed by atoms with E-state index in [4.69, 9.17) is 9.52 Å². The largest absolute Gasteiger partial charge is 0.456 e. The highest BCUT2D eigenvalue weighted by molar-refractivity contribution is 7.20. The fourth-order valence-corrected chi connectivity index (χ4v) is 13.7. The third kappa shape index (κ3) is 5.71. The molecule has 3 aliphatic rings. The lowest BCUT2D eigenvalue weighted by Gasteiger charge is -2.28. The van der Waals surface area contributed by atoms with Gasteiger partial charge in [-0.1, -0.05) is 97.9 Å². The normalized spacial score (nSPS) is 16.3. The molecule has 1 N–H and O–H groups in total. The predicted octanol–water partition coefficient (Wildman–Crippen LogP) is 16.4. The van der Waals surface area contributed by atoms with Crippen molar-refractivity contribution in [1.29, 1.82) is 0 Å². The van der Waals surface area contributed by atoms with Gasteiger partial charge in [-0.3, -0.25) is 5.43 Å². The molecule has 66 heavy (non-hydrogen) atoms. The molecule has 1 unspecified atom stereocenters. The molecule has 0 amide bonds. The predicted molar refractivity (Wildman–Crippen MR) is 280 cm³/mol. The number of allylic oxidation sites excluding steroid dienone is 3. The van der Waals surface area contributed by atoms with E-state index in [9.17, 15) is 0 Å². The molecule has 4 aromatic heterocycles. The maximum Gasteiger partial charge on any atom is 0.136 e. The summed E-state index contributed by atoms with van der Waals surface area (Å²) in [7, 11) is 0. The summed E-state index contributed by atoms with van der Waals surface area (Å²) in [5, 5.41) is 12.7. The van der Waals surface area contributed by atoms with Crippen LogP contribution in [0.25, 0.3) is 92.4 Å². The lowest BCUT2D eigenvalue weighted by atomic mass is 9.84. The molecule has 316 valence electrons. The van der Waals surface area contributed by atoms with E-state index in [0.717, 1.165) is 58.9 Å². The van der Waals surface area contributed by atoms with Crippen LogP contribution in [-0.4, -0.2) is 10.3 Å². The molecular formula is C60H43N3OS2. The molecule has 0 fully saturated rings. The summed E-state index contributed by atoms with van der Waals surface area (Å²) in [5.74, 6) is 0.132. The number of para-hydroxylation sites is 2. The molecule has 1 atom stereocenters. The molecule has 11 aromatic rings. The average Bonchev–Trinajstić information content (AvgIpc) is 4.13. The standard InChI is InChI=1S/C60H43N3OS2/c1-34-35(2)59(62-61-58(34)39-22-26-44-43-15-7-9-21-54(43)65-56(44)33-39)46-18-11-20-53-57(46)49-31-36(24-28-52(49)64-53)37-25-29-55-48(30-37)45-17-10-16-41(60(45)66-55)38-23-27-51-47(32-38)42-14-6-8-19-50(42)63(51)40-12-4-3-5-13-40/h3-9,11-16,18-21,23-25,27-33,35,61H,10,17,22,26H2,1-2H3. The first-order valence-electron chi connectivity index (χ1n) is 23.1. The van der Waals surface area contributed by atoms with Gasteiger partial charge < -0.3 is 8.98 Å². The van der Waals surface area contributed by atoms with Crippen molar-refractivity contribution in [1.82, 2.24) is 9.99 Å². The highest BCUT2D eigenvalue weighted by atomic mass is 32.1. The van der Waals surface area contributed by atoms with E-state index in [2.05, 4.69) is 188 Å². The van der Waals surface area contributed by atoms with Gasteiger partial charge in [0.25, 0.3) is 0 Å². The van der Waals surface area contributed by atoms with Gasteiger partial charge in [-0.25, -0.2) is 0 Å². The van der Waals surface area contributed by atoms with Crippen molar-refractivity contribution in [3.63, 3.8) is 0 Å². The molecule has 7 aromatic carbocycles. The van der Waals surface area contributed by atoms with Crippen LogP contribution in [0.3, 0.4) is 0 Å². The van der Waals surface area contributed by atoms with Crippen molar-refractivity contribution < 1.29 is 4.42 Å². The minimum atomic E-state index is 0.132. The smallest absolute Gasteiger partial charge is 0.136 e. The van der Waals surface area contributed by atoms with Gasteiger partial charge in [0.15, 0.2) is 0 Å². The third-order valence-electron chi connectivity index (χ3n) is 14.6. The van der Waals surface area contributed by atoms with E-state index >= 15 is 0 Å². The maximum absolute atomic E-state index is 6.57. The number of thiophene rings is 2. The van der Waals surface area contributed by atoms with E-state index in [0.29, 0.717) is 0 Å². The number of rotatable bonds is 5. The average molecular weight is 886 g/mol. The molecule has 0 bridgehead atoms. The van der Waals surface area contributed by atoms with E-state index in [1.165, 1.54) is 108 Å². The molecule has 0 radical (unpaired) electrons. The molecule has 2 aliphatic carbocycles. The highest BCUT2D eigenvalue weighted by Crippen LogP contribution is 2.46. The topological polar surface area (TPSA) is 42.5 Å². The number of hydrazone groups is 1. The SMILES string of the molecule is CC1=C(C2=Cc3sc4ccccc4c3CC2)NN=C(c2cccc3oc4ccc(-c5ccc6sc7c(c6c5)CCC=C7c5ccc6c(c5)c5ccccc5n6-c5ccccc5)cc4c23)C1C. The van der Waals surface area contributed by atoms with Gasteiger partial charge in [-0.15, -0.1) is 22.7 Å². The van der Waals surface area contributed by atoms with Crippen LogP contribution < -0.4 is 5.43 Å². The minimum absolute atomic E-state index is 0.132. The van der Waals surface area contributed by atoms with Gasteiger partial charge in [-0.2, -0.15) is 5.10 Å². The van der Waals surface area contributed by atoms with Gasteiger partial charge in [-0.05, 0) is 161 Å². The quantitative estimate of drug-likeness (QED) is 0.187. The molecule has 0 saturated heterocycles. The third-order valence-corrected chi connectivity index (χ3v) is 17.0. The lowest BCUT2D eigenvalue weighted by Crippen LogP contribution is -2.28. The summed E-state index contributed by atoms with van der Waals surface area (Å²) in [6.45, 7) is 4.58. The molecule has 4 nitrogen and oxygen atoms in total. The second kappa shape index (κ2) is 14.6. The lowest BCUT2D eigenvalue weighted by molar-refractivity contribution is 0.669. The zero-order valence-corrected chi connectivity index (χ0v) is 38.2. The van der Waals surface area contributed by atoms with Gasteiger partial charge in [0.1, 0.15) is 11.2 Å². The van der Waals surface area contributed by atoms with Crippen LogP contribution in [0, 0.1) is 5.92 Å². The minimum Gasteiger partial charge on any atom is -0.456 e. The Labute approximate surface area is 390 Å². The molecule has 5 heterocycles. The second-order valence-corrected chi connectivity index (χ2v) is 20.3. The van der Waals surface area contributed by atoms with Crippen LogP contribution >= 0.6 is 22.7 Å². The van der Waals surface area contributed by atoms with Crippen LogP contribution in [0.4, 0.5) is 0 Å². The van der Waals surface area contributed by atoms with Crippen LogP contribution in [0.1, 0.15) is 58.7 Å². The molecule has 0 spiro atoms. The number of fused-ring (bicyclic) bond motifs is 12. The van der Waals surface area contributed by atoms with Crippen LogP contribution in [0.2, 0.25) is 0 Å². The van der Waals surface area contributed by atoms with Crippen molar-refractivity contribution in [2.24, 2.45) is 11.0 Å². The summed E-state index contributed by atoms with van der Waals surface area (Å²) in [6.07, 6.45) is 8.99. The fourth-order valence-electron chi connectivity index (χ4n) is 11.2. The van der Waals surface area contributed by atoms with Crippen molar-refractivity contribution in [2.75, 3.05) is 0 Å². The number of aryl methyl sites for hydroxylation is 2. The summed E-state index contributed by atoms with van der Waals surface area (Å²) in [6, 6.07) is 55.6. The number of aromatic nitrogens is 1. The van der Waals surface area contributed by atoms with Gasteiger partial charge in [0.05, 0.1) is 22.4 Å². The van der Waals surface area contributed by atoms with Gasteiger partial charge >= 0.3 is 0 Å². The Bertz CT molecular complexity index is 4000. The number of nitrogens with one attached hydrogen (secondary N) is 1. The van der Waals surface area contributed by atoms with Crippen molar-refractivity contribution in [3.8, 4) is 16.8 Å². The Morgan fingerprint density at radius 2 is 1.38 bits per heavy atom. The monoisotopic (exact) mass is 885 g/mol. The van der Waals surface area contributed by atoms with Crippen molar-refractivity contribution >= 4 is 104 Å². The van der Waals surface area contributed by atoms with Crippen molar-refractivity contribution in [2.45, 2.75) is 39.5 Å². The summed E-state index contributed by atoms with van der Waals surface area (Å²) in [4.78, 5) is 2.78. The first kappa shape index (κ1) is 38.1. The summed E-state index contributed by atoms with van der Waals surface area (Å²) < 4.78 is 11.7. The Kier molecular flexibility index (Phi) is 8.44. The van der Waals surface area contributed by atoms with E-state index in [1.54, 1.807) is 0 Å². The Hall–Kier alpha value is -7.25. The molecule has 6 heteroatoms. The number of hydrogen-bond acceptors (Lipinski definition) is 5. The number of hydrogen-bond donors (Lipinski definition) is 1. The first-order chi connectivity index (χ1) is 32.5. The maximum atomic E-state index is 6.57. The van der Waals surface area contributed by atoms with E-state index in [1.807, 2.05) is 22.7 Å². The second-order valence-electron chi connectivity index (χ2n) is 18.2. The Morgan fingerprint density at radius 1 is 0.621 bits per heavy atom.